The standard InChI is InChI=1S/C26H25NO5/c1-16(2)17-8-10-18(11-9-17)24-22-13-12-20(15-23(22)32-27-24)30-19-6-5-7-21(14-19)31-26(3,4)25(28)29/h5-16H,1-4H3,(H,28,29). The Bertz CT molecular complexity index is 1250. The fraction of sp³-hybridized carbons (Fsp3) is 0.231. The third kappa shape index (κ3) is 4.44. The number of rotatable bonds is 7. The quantitative estimate of drug-likeness (QED) is 0.353. The molecule has 6 nitrogen and oxygen atoms in total. The molecule has 4 rings (SSSR count). The highest BCUT2D eigenvalue weighted by Gasteiger charge is 2.29. The van der Waals surface area contributed by atoms with E-state index in [2.05, 4.69) is 43.3 Å². The van der Waals surface area contributed by atoms with Crippen molar-refractivity contribution >= 4 is 16.9 Å². The van der Waals surface area contributed by atoms with E-state index in [1.165, 1.54) is 19.4 Å². The van der Waals surface area contributed by atoms with Crippen LogP contribution in [0.4, 0.5) is 0 Å². The van der Waals surface area contributed by atoms with Gasteiger partial charge < -0.3 is 19.1 Å². The first kappa shape index (κ1) is 21.4. The summed E-state index contributed by atoms with van der Waals surface area (Å²) >= 11 is 0. The summed E-state index contributed by atoms with van der Waals surface area (Å²) in [7, 11) is 0. The summed E-state index contributed by atoms with van der Waals surface area (Å²) in [6.45, 7) is 7.32. The van der Waals surface area contributed by atoms with Gasteiger partial charge in [0, 0.05) is 23.1 Å². The number of hydrogen-bond acceptors (Lipinski definition) is 5. The lowest BCUT2D eigenvalue weighted by Gasteiger charge is -2.21. The Kier molecular flexibility index (Phi) is 5.61. The van der Waals surface area contributed by atoms with Crippen LogP contribution in [0.3, 0.4) is 0 Å². The molecule has 0 bridgehead atoms. The lowest BCUT2D eigenvalue weighted by atomic mass is 10.00. The van der Waals surface area contributed by atoms with E-state index in [1.54, 1.807) is 30.3 Å². The summed E-state index contributed by atoms with van der Waals surface area (Å²) in [5.74, 6) is 0.922. The largest absolute Gasteiger partial charge is 0.478 e. The van der Waals surface area contributed by atoms with Crippen molar-refractivity contribution in [2.45, 2.75) is 39.2 Å². The molecule has 32 heavy (non-hydrogen) atoms. The number of carboxylic acids is 1. The molecule has 0 saturated heterocycles. The fourth-order valence-electron chi connectivity index (χ4n) is 3.29. The van der Waals surface area contributed by atoms with E-state index in [9.17, 15) is 9.90 Å². The first-order chi connectivity index (χ1) is 15.2. The lowest BCUT2D eigenvalue weighted by Crippen LogP contribution is -2.37. The monoisotopic (exact) mass is 431 g/mol. The Morgan fingerprint density at radius 2 is 1.66 bits per heavy atom. The van der Waals surface area contributed by atoms with Crippen LogP contribution in [0.2, 0.25) is 0 Å². The molecule has 0 fully saturated rings. The first-order valence-corrected chi connectivity index (χ1v) is 10.4. The van der Waals surface area contributed by atoms with Gasteiger partial charge in [-0.05, 0) is 49.6 Å². The van der Waals surface area contributed by atoms with Crippen molar-refractivity contribution in [3.05, 3.63) is 72.3 Å². The molecule has 1 aromatic heterocycles. The van der Waals surface area contributed by atoms with E-state index in [-0.39, 0.29) is 0 Å². The van der Waals surface area contributed by atoms with E-state index < -0.39 is 11.6 Å². The van der Waals surface area contributed by atoms with Crippen molar-refractivity contribution < 1.29 is 23.9 Å². The van der Waals surface area contributed by atoms with Crippen LogP contribution in [0.15, 0.2) is 71.3 Å². The molecule has 0 aliphatic carbocycles. The van der Waals surface area contributed by atoms with Crippen molar-refractivity contribution in [1.29, 1.82) is 0 Å². The predicted molar refractivity (Wildman–Crippen MR) is 122 cm³/mol. The van der Waals surface area contributed by atoms with Crippen LogP contribution in [-0.2, 0) is 4.79 Å². The minimum Gasteiger partial charge on any atom is -0.478 e. The summed E-state index contributed by atoms with van der Waals surface area (Å²) in [5.41, 5.74) is 2.32. The molecule has 164 valence electrons. The van der Waals surface area contributed by atoms with Gasteiger partial charge >= 0.3 is 5.97 Å². The van der Waals surface area contributed by atoms with E-state index >= 15 is 0 Å². The molecular weight excluding hydrogens is 406 g/mol. The zero-order valence-electron chi connectivity index (χ0n) is 18.5. The van der Waals surface area contributed by atoms with Gasteiger partial charge in [-0.15, -0.1) is 0 Å². The topological polar surface area (TPSA) is 81.8 Å². The minimum absolute atomic E-state index is 0.405. The SMILES string of the molecule is CC(C)c1ccc(-c2noc3cc(Oc4cccc(OC(C)(C)C(=O)O)c4)ccc23)cc1. The summed E-state index contributed by atoms with van der Waals surface area (Å²) < 4.78 is 17.1. The van der Waals surface area contributed by atoms with Crippen molar-refractivity contribution in [3.8, 4) is 28.5 Å². The van der Waals surface area contributed by atoms with Gasteiger partial charge in [-0.25, -0.2) is 4.79 Å². The third-order valence-corrected chi connectivity index (χ3v) is 5.22. The highest BCUT2D eigenvalue weighted by Crippen LogP contribution is 2.33. The highest BCUT2D eigenvalue weighted by molar-refractivity contribution is 5.92. The van der Waals surface area contributed by atoms with Crippen LogP contribution < -0.4 is 9.47 Å². The van der Waals surface area contributed by atoms with Crippen LogP contribution in [0.25, 0.3) is 22.2 Å². The second kappa shape index (κ2) is 8.38. The normalized spacial score (nSPS) is 11.7. The molecule has 1 heterocycles. The van der Waals surface area contributed by atoms with Crippen LogP contribution in [-0.4, -0.2) is 21.8 Å². The maximum atomic E-state index is 11.3. The first-order valence-electron chi connectivity index (χ1n) is 10.4. The molecule has 0 unspecified atom stereocenters. The summed E-state index contributed by atoms with van der Waals surface area (Å²) in [5, 5.41) is 14.4. The van der Waals surface area contributed by atoms with Gasteiger partial charge in [-0.1, -0.05) is 49.3 Å². The van der Waals surface area contributed by atoms with Crippen molar-refractivity contribution in [2.24, 2.45) is 0 Å². The number of fused-ring (bicyclic) bond motifs is 1. The van der Waals surface area contributed by atoms with Gasteiger partial charge in [0.15, 0.2) is 11.2 Å². The van der Waals surface area contributed by atoms with Crippen molar-refractivity contribution in [3.63, 3.8) is 0 Å². The average molecular weight is 431 g/mol. The Morgan fingerprint density at radius 3 is 2.34 bits per heavy atom. The molecular formula is C26H25NO5. The molecule has 1 N–H and O–H groups in total. The lowest BCUT2D eigenvalue weighted by molar-refractivity contribution is -0.152. The molecule has 6 heteroatoms. The molecule has 0 aliphatic heterocycles. The maximum absolute atomic E-state index is 11.3. The van der Waals surface area contributed by atoms with E-state index in [0.717, 1.165) is 16.6 Å². The van der Waals surface area contributed by atoms with Crippen LogP contribution in [0, 0.1) is 0 Å². The molecule has 0 spiro atoms. The zero-order valence-corrected chi connectivity index (χ0v) is 18.5. The van der Waals surface area contributed by atoms with Crippen LogP contribution in [0.1, 0.15) is 39.2 Å². The Hall–Kier alpha value is -3.80. The minimum atomic E-state index is -1.35. The predicted octanol–water partition coefficient (Wildman–Crippen LogP) is 6.65. The van der Waals surface area contributed by atoms with Gasteiger partial charge in [-0.2, -0.15) is 0 Å². The molecule has 4 aromatic rings. The van der Waals surface area contributed by atoms with Crippen LogP contribution in [0.5, 0.6) is 17.2 Å². The maximum Gasteiger partial charge on any atom is 0.347 e. The number of carbonyl (C=O) groups is 1. The molecule has 0 atom stereocenters. The van der Waals surface area contributed by atoms with Crippen LogP contribution >= 0.6 is 0 Å². The fourth-order valence-corrected chi connectivity index (χ4v) is 3.29. The second-order valence-corrected chi connectivity index (χ2v) is 8.46. The number of benzene rings is 3. The molecule has 0 saturated carbocycles. The molecule has 0 radical (unpaired) electrons. The average Bonchev–Trinajstić information content (AvgIpc) is 3.17. The summed E-state index contributed by atoms with van der Waals surface area (Å²) in [6, 6.07) is 20.7. The highest BCUT2D eigenvalue weighted by atomic mass is 16.5. The summed E-state index contributed by atoms with van der Waals surface area (Å²) in [4.78, 5) is 11.3. The summed E-state index contributed by atoms with van der Waals surface area (Å²) in [6.07, 6.45) is 0. The van der Waals surface area contributed by atoms with Gasteiger partial charge in [0.05, 0.1) is 0 Å². The Morgan fingerprint density at radius 1 is 0.969 bits per heavy atom. The van der Waals surface area contributed by atoms with E-state index in [4.69, 9.17) is 14.0 Å². The number of nitrogens with zero attached hydrogens (tertiary/aromatic N) is 1. The second-order valence-electron chi connectivity index (χ2n) is 8.46. The number of carboxylic acid groups (broad SMARTS) is 1. The number of aliphatic carboxylic acids is 1. The zero-order chi connectivity index (χ0) is 22.9. The van der Waals surface area contributed by atoms with Gasteiger partial charge in [0.25, 0.3) is 0 Å². The number of ether oxygens (including phenoxy) is 2. The molecule has 3 aromatic carbocycles. The molecule has 0 amide bonds. The van der Waals surface area contributed by atoms with E-state index in [0.29, 0.717) is 28.7 Å². The Balaban J connectivity index is 1.56. The van der Waals surface area contributed by atoms with Gasteiger partial charge in [0.1, 0.15) is 22.9 Å². The van der Waals surface area contributed by atoms with Gasteiger partial charge in [0.2, 0.25) is 0 Å². The third-order valence-electron chi connectivity index (χ3n) is 5.22. The number of hydrogen-bond donors (Lipinski definition) is 1. The molecule has 0 aliphatic rings. The van der Waals surface area contributed by atoms with E-state index in [1.807, 2.05) is 12.1 Å². The number of aromatic nitrogens is 1. The Labute approximate surface area is 186 Å². The van der Waals surface area contributed by atoms with Gasteiger partial charge in [-0.3, -0.25) is 0 Å². The van der Waals surface area contributed by atoms with Crippen molar-refractivity contribution in [1.82, 2.24) is 5.16 Å². The smallest absolute Gasteiger partial charge is 0.347 e. The van der Waals surface area contributed by atoms with Crippen molar-refractivity contribution in [2.75, 3.05) is 0 Å².